The third-order valence-electron chi connectivity index (χ3n) is 3.13. The minimum atomic E-state index is -1.06. The Labute approximate surface area is 136 Å². The molecule has 1 aromatic carbocycles. The van der Waals surface area contributed by atoms with Crippen LogP contribution < -0.4 is 9.47 Å². The predicted molar refractivity (Wildman–Crippen MR) is 84.5 cm³/mol. The fraction of sp³-hybridized carbons (Fsp3) is 0.267. The Morgan fingerprint density at radius 2 is 1.96 bits per heavy atom. The van der Waals surface area contributed by atoms with Crippen LogP contribution in [-0.2, 0) is 9.59 Å². The van der Waals surface area contributed by atoms with Crippen LogP contribution in [-0.4, -0.2) is 47.9 Å². The quantitative estimate of drug-likeness (QED) is 0.795. The zero-order chi connectivity index (χ0) is 17.0. The molecule has 1 heterocycles. The summed E-state index contributed by atoms with van der Waals surface area (Å²) in [6.45, 7) is -0.136. The first-order valence-corrected chi connectivity index (χ1v) is 7.47. The highest BCUT2D eigenvalue weighted by molar-refractivity contribution is 8.18. The van der Waals surface area contributed by atoms with Gasteiger partial charge in [-0.1, -0.05) is 6.07 Å². The smallest absolute Gasteiger partial charge is 0.305 e. The number of hydrogen-bond acceptors (Lipinski definition) is 6. The van der Waals surface area contributed by atoms with Crippen molar-refractivity contribution in [1.29, 1.82) is 0 Å². The van der Waals surface area contributed by atoms with Crippen LogP contribution in [0.5, 0.6) is 11.5 Å². The lowest BCUT2D eigenvalue weighted by Crippen LogP contribution is -2.30. The van der Waals surface area contributed by atoms with E-state index in [1.807, 2.05) is 0 Å². The Kier molecular flexibility index (Phi) is 5.28. The second-order valence-electron chi connectivity index (χ2n) is 4.59. The summed E-state index contributed by atoms with van der Waals surface area (Å²) in [4.78, 5) is 35.7. The molecule has 1 N–H and O–H groups in total. The third kappa shape index (κ3) is 3.84. The van der Waals surface area contributed by atoms with Gasteiger partial charge in [0, 0.05) is 6.54 Å². The molecule has 0 bridgehead atoms. The normalized spacial score (nSPS) is 16.1. The molecule has 1 aromatic rings. The molecule has 0 atom stereocenters. The summed E-state index contributed by atoms with van der Waals surface area (Å²) in [5, 5.41) is 8.19. The van der Waals surface area contributed by atoms with Gasteiger partial charge in [0.15, 0.2) is 11.5 Å². The van der Waals surface area contributed by atoms with Gasteiger partial charge < -0.3 is 14.6 Å². The van der Waals surface area contributed by atoms with E-state index in [2.05, 4.69) is 0 Å². The highest BCUT2D eigenvalue weighted by atomic mass is 32.2. The van der Waals surface area contributed by atoms with Gasteiger partial charge in [0.25, 0.3) is 11.1 Å². The molecule has 1 aliphatic heterocycles. The first-order valence-electron chi connectivity index (χ1n) is 6.65. The zero-order valence-electron chi connectivity index (χ0n) is 12.6. The van der Waals surface area contributed by atoms with E-state index in [0.717, 1.165) is 16.7 Å². The summed E-state index contributed by atoms with van der Waals surface area (Å²) >= 11 is 0.785. The van der Waals surface area contributed by atoms with Crippen LogP contribution in [0.2, 0.25) is 0 Å². The number of benzene rings is 1. The van der Waals surface area contributed by atoms with Crippen molar-refractivity contribution in [2.75, 3.05) is 20.8 Å². The van der Waals surface area contributed by atoms with Gasteiger partial charge in [-0.3, -0.25) is 19.3 Å². The lowest BCUT2D eigenvalue weighted by molar-refractivity contribution is -0.137. The number of carboxylic acids is 1. The molecule has 1 aliphatic rings. The molecule has 7 nitrogen and oxygen atoms in total. The van der Waals surface area contributed by atoms with Gasteiger partial charge in [-0.25, -0.2) is 0 Å². The number of amides is 2. The van der Waals surface area contributed by atoms with Crippen molar-refractivity contribution in [3.63, 3.8) is 0 Å². The molecule has 0 radical (unpaired) electrons. The molecule has 1 fully saturated rings. The topological polar surface area (TPSA) is 93.1 Å². The highest BCUT2D eigenvalue weighted by Crippen LogP contribution is 2.34. The number of imide groups is 1. The fourth-order valence-corrected chi connectivity index (χ4v) is 2.86. The van der Waals surface area contributed by atoms with Crippen LogP contribution in [0.3, 0.4) is 0 Å². The summed E-state index contributed by atoms with van der Waals surface area (Å²) in [5.41, 5.74) is 0.673. The monoisotopic (exact) mass is 337 g/mol. The number of carbonyl (C=O) groups is 3. The Hall–Kier alpha value is -2.48. The lowest BCUT2D eigenvalue weighted by atomic mass is 10.2. The highest BCUT2D eigenvalue weighted by Gasteiger charge is 2.35. The summed E-state index contributed by atoms with van der Waals surface area (Å²) in [6, 6.07) is 5.11. The van der Waals surface area contributed by atoms with Crippen molar-refractivity contribution in [3.05, 3.63) is 28.7 Å². The third-order valence-corrected chi connectivity index (χ3v) is 4.04. The van der Waals surface area contributed by atoms with Gasteiger partial charge in [0.1, 0.15) is 0 Å². The van der Waals surface area contributed by atoms with E-state index in [0.29, 0.717) is 17.1 Å². The van der Waals surface area contributed by atoms with E-state index in [9.17, 15) is 14.4 Å². The zero-order valence-corrected chi connectivity index (χ0v) is 13.4. The predicted octanol–water partition coefficient (Wildman–Crippen LogP) is 2.21. The van der Waals surface area contributed by atoms with Crippen LogP contribution in [0.15, 0.2) is 23.1 Å². The number of ether oxygens (including phenoxy) is 2. The van der Waals surface area contributed by atoms with Gasteiger partial charge in [-0.15, -0.1) is 0 Å². The second-order valence-corrected chi connectivity index (χ2v) is 5.58. The minimum absolute atomic E-state index is 0.136. The molecule has 0 unspecified atom stereocenters. The first kappa shape index (κ1) is 16.9. The summed E-state index contributed by atoms with van der Waals surface area (Å²) in [7, 11) is 3.02. The van der Waals surface area contributed by atoms with Gasteiger partial charge in [-0.05, 0) is 35.5 Å². The van der Waals surface area contributed by atoms with Crippen molar-refractivity contribution >= 4 is 35.0 Å². The molecule has 0 aromatic heterocycles. The SMILES string of the molecule is COc1ccc(C=C2SC(=O)N(CCC(=O)O)C2=O)cc1OC. The molecule has 23 heavy (non-hydrogen) atoms. The maximum atomic E-state index is 12.2. The number of aliphatic carboxylic acids is 1. The Balaban J connectivity index is 2.21. The molecular formula is C15H15NO6S. The molecule has 0 saturated carbocycles. The van der Waals surface area contributed by atoms with Gasteiger partial charge in [0.05, 0.1) is 25.5 Å². The minimum Gasteiger partial charge on any atom is -0.493 e. The number of hydrogen-bond donors (Lipinski definition) is 1. The van der Waals surface area contributed by atoms with Crippen LogP contribution in [0.25, 0.3) is 6.08 Å². The maximum Gasteiger partial charge on any atom is 0.305 e. The van der Waals surface area contributed by atoms with Crippen molar-refractivity contribution in [3.8, 4) is 11.5 Å². The average molecular weight is 337 g/mol. The maximum absolute atomic E-state index is 12.2. The van der Waals surface area contributed by atoms with Gasteiger partial charge >= 0.3 is 5.97 Å². The van der Waals surface area contributed by atoms with Crippen molar-refractivity contribution in [2.45, 2.75) is 6.42 Å². The molecule has 2 rings (SSSR count). The number of carbonyl (C=O) groups excluding carboxylic acids is 2. The molecule has 8 heteroatoms. The first-order chi connectivity index (χ1) is 11.0. The Morgan fingerprint density at radius 1 is 1.26 bits per heavy atom. The van der Waals surface area contributed by atoms with E-state index in [4.69, 9.17) is 14.6 Å². The molecule has 0 aliphatic carbocycles. The molecule has 0 spiro atoms. The molecule has 122 valence electrons. The average Bonchev–Trinajstić information content (AvgIpc) is 2.79. The van der Waals surface area contributed by atoms with Gasteiger partial charge in [-0.2, -0.15) is 0 Å². The van der Waals surface area contributed by atoms with Crippen molar-refractivity contribution in [2.24, 2.45) is 0 Å². The van der Waals surface area contributed by atoms with E-state index < -0.39 is 17.1 Å². The molecular weight excluding hydrogens is 322 g/mol. The van der Waals surface area contributed by atoms with E-state index in [1.54, 1.807) is 24.3 Å². The van der Waals surface area contributed by atoms with E-state index in [-0.39, 0.29) is 17.9 Å². The lowest BCUT2D eigenvalue weighted by Gasteiger charge is -2.10. The van der Waals surface area contributed by atoms with E-state index in [1.165, 1.54) is 14.2 Å². The number of nitrogens with zero attached hydrogens (tertiary/aromatic N) is 1. The van der Waals surface area contributed by atoms with Gasteiger partial charge in [0.2, 0.25) is 0 Å². The fourth-order valence-electron chi connectivity index (χ4n) is 1.99. The van der Waals surface area contributed by atoms with Crippen LogP contribution >= 0.6 is 11.8 Å². The molecule has 1 saturated heterocycles. The second kappa shape index (κ2) is 7.19. The Bertz CT molecular complexity index is 685. The summed E-state index contributed by atoms with van der Waals surface area (Å²) < 4.78 is 10.3. The largest absolute Gasteiger partial charge is 0.493 e. The van der Waals surface area contributed by atoms with Crippen molar-refractivity contribution < 1.29 is 29.0 Å². The number of carboxylic acid groups (broad SMARTS) is 1. The number of thioether (sulfide) groups is 1. The van der Waals surface area contributed by atoms with Crippen LogP contribution in [0.1, 0.15) is 12.0 Å². The van der Waals surface area contributed by atoms with Crippen LogP contribution in [0, 0.1) is 0 Å². The number of methoxy groups -OCH3 is 2. The number of rotatable bonds is 6. The molecule has 2 amide bonds. The summed E-state index contributed by atoms with van der Waals surface area (Å²) in [5.74, 6) is -0.491. The van der Waals surface area contributed by atoms with Crippen molar-refractivity contribution in [1.82, 2.24) is 4.90 Å². The Morgan fingerprint density at radius 3 is 2.57 bits per heavy atom. The standard InChI is InChI=1S/C15H15NO6S/c1-21-10-4-3-9(7-11(10)22-2)8-12-14(19)16(15(20)23-12)6-5-13(17)18/h3-4,7-8H,5-6H2,1-2H3,(H,17,18). The van der Waals surface area contributed by atoms with E-state index >= 15 is 0 Å². The summed E-state index contributed by atoms with van der Waals surface area (Å²) in [6.07, 6.45) is 1.29. The van der Waals surface area contributed by atoms with Crippen LogP contribution in [0.4, 0.5) is 4.79 Å².